The van der Waals surface area contributed by atoms with Crippen molar-refractivity contribution in [3.05, 3.63) is 24.3 Å². The fourth-order valence-corrected chi connectivity index (χ4v) is 2.48. The van der Waals surface area contributed by atoms with Crippen molar-refractivity contribution in [2.45, 2.75) is 53.6 Å². The van der Waals surface area contributed by atoms with Gasteiger partial charge in [0.25, 0.3) is 5.91 Å². The minimum Gasteiger partial charge on any atom is -0.493 e. The van der Waals surface area contributed by atoms with Crippen LogP contribution in [0.25, 0.3) is 0 Å². The lowest BCUT2D eigenvalue weighted by Gasteiger charge is -2.29. The molecule has 1 N–H and O–H groups in total. The first kappa shape index (κ1) is 19.5. The highest BCUT2D eigenvalue weighted by atomic mass is 16.5. The molecule has 0 saturated carbocycles. The van der Waals surface area contributed by atoms with Crippen molar-refractivity contribution < 1.29 is 14.3 Å². The minimum atomic E-state index is -0.810. The Kier molecular flexibility index (Phi) is 7.56. The molecular formula is C19H31NO3. The van der Waals surface area contributed by atoms with Gasteiger partial charge in [-0.15, -0.1) is 0 Å². The molecule has 0 aliphatic heterocycles. The number of carbonyl (C=O) groups is 1. The molecule has 4 nitrogen and oxygen atoms in total. The molecule has 130 valence electrons. The van der Waals surface area contributed by atoms with Crippen LogP contribution in [0, 0.1) is 11.8 Å². The van der Waals surface area contributed by atoms with Gasteiger partial charge in [0.05, 0.1) is 6.61 Å². The van der Waals surface area contributed by atoms with Gasteiger partial charge in [0.2, 0.25) is 0 Å². The second-order valence-electron chi connectivity index (χ2n) is 6.95. The number of anilines is 1. The third-order valence-electron chi connectivity index (χ3n) is 3.44. The summed E-state index contributed by atoms with van der Waals surface area (Å²) in [6, 6.07) is 7.46. The van der Waals surface area contributed by atoms with Gasteiger partial charge >= 0.3 is 0 Å². The predicted molar refractivity (Wildman–Crippen MR) is 94.9 cm³/mol. The van der Waals surface area contributed by atoms with Crippen LogP contribution in [0.4, 0.5) is 5.69 Å². The molecule has 1 unspecified atom stereocenters. The zero-order valence-electron chi connectivity index (χ0n) is 15.3. The molecule has 0 heterocycles. The van der Waals surface area contributed by atoms with Crippen molar-refractivity contribution in [3.8, 4) is 5.75 Å². The second-order valence-corrected chi connectivity index (χ2v) is 6.95. The maximum atomic E-state index is 12.6. The Morgan fingerprint density at radius 2 is 1.74 bits per heavy atom. The van der Waals surface area contributed by atoms with Gasteiger partial charge in [-0.1, -0.05) is 27.7 Å². The van der Waals surface area contributed by atoms with Gasteiger partial charge < -0.3 is 14.8 Å². The van der Waals surface area contributed by atoms with Crippen molar-refractivity contribution in [3.63, 3.8) is 0 Å². The molecule has 0 spiro atoms. The van der Waals surface area contributed by atoms with Gasteiger partial charge in [-0.2, -0.15) is 0 Å². The number of hydrogen-bond donors (Lipinski definition) is 1. The van der Waals surface area contributed by atoms with E-state index in [1.807, 2.05) is 38.1 Å². The monoisotopic (exact) mass is 321 g/mol. The van der Waals surface area contributed by atoms with Gasteiger partial charge in [0.15, 0.2) is 0 Å². The van der Waals surface area contributed by atoms with Crippen LogP contribution < -0.4 is 10.1 Å². The molecule has 1 atom stereocenters. The Morgan fingerprint density at radius 3 is 2.22 bits per heavy atom. The van der Waals surface area contributed by atoms with E-state index in [0.717, 1.165) is 11.4 Å². The first-order valence-electron chi connectivity index (χ1n) is 8.45. The van der Waals surface area contributed by atoms with Crippen molar-refractivity contribution in [2.24, 2.45) is 11.8 Å². The Hall–Kier alpha value is -1.55. The third-order valence-corrected chi connectivity index (χ3v) is 3.44. The summed E-state index contributed by atoms with van der Waals surface area (Å²) in [5.74, 6) is 1.57. The third kappa shape index (κ3) is 6.61. The zero-order valence-corrected chi connectivity index (χ0v) is 15.3. The summed E-state index contributed by atoms with van der Waals surface area (Å²) in [5.41, 5.74) is -0.0583. The highest BCUT2D eigenvalue weighted by Gasteiger charge is 2.34. The first-order chi connectivity index (χ1) is 10.8. The van der Waals surface area contributed by atoms with E-state index in [-0.39, 0.29) is 5.91 Å². The summed E-state index contributed by atoms with van der Waals surface area (Å²) in [5, 5.41) is 2.95. The van der Waals surface area contributed by atoms with E-state index in [0.29, 0.717) is 31.5 Å². The lowest BCUT2D eigenvalue weighted by Crippen LogP contribution is -2.43. The number of nitrogens with one attached hydrogen (secondary N) is 1. The van der Waals surface area contributed by atoms with Gasteiger partial charge in [-0.3, -0.25) is 4.79 Å². The average molecular weight is 321 g/mol. The molecule has 0 bridgehead atoms. The molecule has 4 heteroatoms. The van der Waals surface area contributed by atoms with Gasteiger partial charge in [-0.05, 0) is 56.4 Å². The number of carbonyl (C=O) groups excluding carboxylic acids is 1. The highest BCUT2D eigenvalue weighted by Crippen LogP contribution is 2.24. The molecule has 0 fully saturated rings. The molecule has 0 aromatic heterocycles. The first-order valence-corrected chi connectivity index (χ1v) is 8.45. The number of ether oxygens (including phenoxy) is 2. The maximum Gasteiger partial charge on any atom is 0.256 e. The Balaban J connectivity index is 2.71. The van der Waals surface area contributed by atoms with Gasteiger partial charge in [0, 0.05) is 12.3 Å². The van der Waals surface area contributed by atoms with E-state index in [1.165, 1.54) is 0 Å². The van der Waals surface area contributed by atoms with E-state index in [1.54, 1.807) is 0 Å². The molecule has 1 aromatic rings. The maximum absolute atomic E-state index is 12.6. The Bertz CT molecular complexity index is 482. The molecule has 1 rings (SSSR count). The van der Waals surface area contributed by atoms with E-state index in [2.05, 4.69) is 33.0 Å². The van der Waals surface area contributed by atoms with Crippen LogP contribution in [0.2, 0.25) is 0 Å². The van der Waals surface area contributed by atoms with E-state index in [9.17, 15) is 4.79 Å². The fourth-order valence-electron chi connectivity index (χ4n) is 2.48. The molecule has 1 aromatic carbocycles. The standard InChI is InChI=1S/C19H31NO3/c1-7-23-19(6,12-14(2)3)18(21)20-16-8-10-17(11-9-16)22-13-15(4)5/h8-11,14-15H,7,12-13H2,1-6H3,(H,20,21). The van der Waals surface area contributed by atoms with Gasteiger partial charge in [0.1, 0.15) is 11.4 Å². The van der Waals surface area contributed by atoms with Crippen molar-refractivity contribution in [1.29, 1.82) is 0 Å². The largest absolute Gasteiger partial charge is 0.493 e. The topological polar surface area (TPSA) is 47.6 Å². The van der Waals surface area contributed by atoms with Gasteiger partial charge in [-0.25, -0.2) is 0 Å². The van der Waals surface area contributed by atoms with Crippen LogP contribution in [0.3, 0.4) is 0 Å². The minimum absolute atomic E-state index is 0.108. The molecule has 1 amide bonds. The van der Waals surface area contributed by atoms with Crippen LogP contribution >= 0.6 is 0 Å². The summed E-state index contributed by atoms with van der Waals surface area (Å²) in [6.45, 7) is 13.4. The second kappa shape index (κ2) is 8.92. The lowest BCUT2D eigenvalue weighted by atomic mass is 9.93. The summed E-state index contributed by atoms with van der Waals surface area (Å²) in [6.07, 6.45) is 0.683. The number of benzene rings is 1. The molecule has 23 heavy (non-hydrogen) atoms. The predicted octanol–water partition coefficient (Wildman–Crippen LogP) is 4.50. The molecule has 0 radical (unpaired) electrons. The SMILES string of the molecule is CCOC(C)(CC(C)C)C(=O)Nc1ccc(OCC(C)C)cc1. The number of hydrogen-bond acceptors (Lipinski definition) is 3. The summed E-state index contributed by atoms with van der Waals surface area (Å²) < 4.78 is 11.4. The van der Waals surface area contributed by atoms with Crippen LogP contribution in [-0.2, 0) is 9.53 Å². The molecule has 0 saturated heterocycles. The molecular weight excluding hydrogens is 290 g/mol. The van der Waals surface area contributed by atoms with Crippen molar-refractivity contribution >= 4 is 11.6 Å². The fraction of sp³-hybridized carbons (Fsp3) is 0.632. The van der Waals surface area contributed by atoms with Crippen LogP contribution in [0.15, 0.2) is 24.3 Å². The molecule has 0 aliphatic carbocycles. The Labute approximate surface area is 140 Å². The van der Waals surface area contributed by atoms with E-state index < -0.39 is 5.60 Å². The number of amides is 1. The lowest BCUT2D eigenvalue weighted by molar-refractivity contribution is -0.140. The average Bonchev–Trinajstić information content (AvgIpc) is 2.45. The molecule has 0 aliphatic rings. The smallest absolute Gasteiger partial charge is 0.256 e. The summed E-state index contributed by atoms with van der Waals surface area (Å²) >= 11 is 0. The summed E-state index contributed by atoms with van der Waals surface area (Å²) in [7, 11) is 0. The van der Waals surface area contributed by atoms with Crippen molar-refractivity contribution in [2.75, 3.05) is 18.5 Å². The van der Waals surface area contributed by atoms with Crippen LogP contribution in [-0.4, -0.2) is 24.7 Å². The Morgan fingerprint density at radius 1 is 1.13 bits per heavy atom. The van der Waals surface area contributed by atoms with Crippen molar-refractivity contribution in [1.82, 2.24) is 0 Å². The summed E-state index contributed by atoms with van der Waals surface area (Å²) in [4.78, 5) is 12.6. The van der Waals surface area contributed by atoms with Crippen LogP contribution in [0.1, 0.15) is 48.0 Å². The quantitative estimate of drug-likeness (QED) is 0.728. The zero-order chi connectivity index (χ0) is 17.5. The van der Waals surface area contributed by atoms with E-state index >= 15 is 0 Å². The normalized spacial score (nSPS) is 13.9. The van der Waals surface area contributed by atoms with E-state index in [4.69, 9.17) is 9.47 Å². The highest BCUT2D eigenvalue weighted by molar-refractivity contribution is 5.97. The van der Waals surface area contributed by atoms with Crippen LogP contribution in [0.5, 0.6) is 5.75 Å². The number of rotatable bonds is 9.